The molecule has 1 amide bonds. The van der Waals surface area contributed by atoms with Crippen molar-refractivity contribution in [3.63, 3.8) is 0 Å². The van der Waals surface area contributed by atoms with Gasteiger partial charge in [-0.2, -0.15) is 0 Å². The van der Waals surface area contributed by atoms with E-state index in [1.807, 2.05) is 37.3 Å². The van der Waals surface area contributed by atoms with Crippen LogP contribution < -0.4 is 5.32 Å². The fraction of sp³-hybridized carbons (Fsp3) is 0.133. The summed E-state index contributed by atoms with van der Waals surface area (Å²) in [5.74, 6) is -0.105. The fourth-order valence-electron chi connectivity index (χ4n) is 2.02. The van der Waals surface area contributed by atoms with Gasteiger partial charge in [0.05, 0.1) is 10.7 Å². The van der Waals surface area contributed by atoms with Crippen molar-refractivity contribution in [2.75, 3.05) is 0 Å². The van der Waals surface area contributed by atoms with Crippen molar-refractivity contribution in [1.82, 2.24) is 10.3 Å². The molecule has 1 aliphatic rings. The molecule has 2 aromatic rings. The Kier molecular flexibility index (Phi) is 3.69. The molecule has 0 aliphatic carbocycles. The highest BCUT2D eigenvalue weighted by molar-refractivity contribution is 8.15. The van der Waals surface area contributed by atoms with Gasteiger partial charge in [0.1, 0.15) is 4.75 Å². The number of amidine groups is 1. The van der Waals surface area contributed by atoms with E-state index in [1.165, 1.54) is 11.8 Å². The monoisotopic (exact) mass is 317 g/mol. The van der Waals surface area contributed by atoms with Crippen molar-refractivity contribution in [3.05, 3.63) is 59.4 Å². The lowest BCUT2D eigenvalue weighted by Crippen LogP contribution is -2.31. The van der Waals surface area contributed by atoms with E-state index in [-0.39, 0.29) is 5.91 Å². The highest BCUT2D eigenvalue weighted by Gasteiger charge is 2.44. The smallest absolute Gasteiger partial charge is 0.246 e. The molecule has 106 valence electrons. The van der Waals surface area contributed by atoms with Crippen LogP contribution >= 0.6 is 23.4 Å². The van der Waals surface area contributed by atoms with Crippen LogP contribution in [0.15, 0.2) is 53.8 Å². The van der Waals surface area contributed by atoms with E-state index in [1.54, 1.807) is 18.5 Å². The number of halogens is 1. The number of aromatic nitrogens is 1. The Morgan fingerprint density at radius 2 is 2.10 bits per heavy atom. The summed E-state index contributed by atoms with van der Waals surface area (Å²) in [5.41, 5.74) is 1.48. The molecule has 1 aromatic heterocycles. The third-order valence-electron chi connectivity index (χ3n) is 3.24. The largest absolute Gasteiger partial charge is 0.304 e. The van der Waals surface area contributed by atoms with Crippen LogP contribution in [0.4, 0.5) is 5.69 Å². The second-order valence-corrected chi connectivity index (χ2v) is 6.51. The van der Waals surface area contributed by atoms with Crippen molar-refractivity contribution >= 4 is 40.1 Å². The molecule has 1 fully saturated rings. The lowest BCUT2D eigenvalue weighted by Gasteiger charge is -2.18. The van der Waals surface area contributed by atoms with Gasteiger partial charge >= 0.3 is 0 Å². The van der Waals surface area contributed by atoms with Gasteiger partial charge < -0.3 is 5.32 Å². The molecule has 6 heteroatoms. The molecule has 1 unspecified atom stereocenters. The number of pyridine rings is 1. The zero-order valence-electron chi connectivity index (χ0n) is 11.2. The highest BCUT2D eigenvalue weighted by atomic mass is 35.5. The number of hydrogen-bond acceptors (Lipinski definition) is 4. The number of nitrogens with zero attached hydrogens (tertiary/aromatic N) is 2. The van der Waals surface area contributed by atoms with E-state index in [9.17, 15) is 4.79 Å². The van der Waals surface area contributed by atoms with Gasteiger partial charge in [-0.15, -0.1) is 0 Å². The zero-order valence-corrected chi connectivity index (χ0v) is 12.8. The maximum absolute atomic E-state index is 12.3. The van der Waals surface area contributed by atoms with Crippen LogP contribution in [-0.2, 0) is 9.54 Å². The summed E-state index contributed by atoms with van der Waals surface area (Å²) < 4.78 is -0.728. The van der Waals surface area contributed by atoms with Crippen molar-refractivity contribution in [2.45, 2.75) is 11.7 Å². The number of amides is 1. The van der Waals surface area contributed by atoms with Crippen LogP contribution in [0.5, 0.6) is 0 Å². The fourth-order valence-corrected chi connectivity index (χ4v) is 3.25. The quantitative estimate of drug-likeness (QED) is 0.922. The van der Waals surface area contributed by atoms with Crippen molar-refractivity contribution in [2.24, 2.45) is 4.99 Å². The third-order valence-corrected chi connectivity index (χ3v) is 4.78. The van der Waals surface area contributed by atoms with Gasteiger partial charge in [-0.25, -0.2) is 4.99 Å². The maximum Gasteiger partial charge on any atom is 0.246 e. The maximum atomic E-state index is 12.3. The minimum atomic E-state index is -0.728. The molecule has 21 heavy (non-hydrogen) atoms. The summed E-state index contributed by atoms with van der Waals surface area (Å²) in [6.07, 6.45) is 3.38. The first kappa shape index (κ1) is 14.1. The lowest BCUT2D eigenvalue weighted by atomic mass is 10.0. The topological polar surface area (TPSA) is 54.4 Å². The van der Waals surface area contributed by atoms with Gasteiger partial charge in [0, 0.05) is 12.4 Å². The Hall–Kier alpha value is -1.85. The van der Waals surface area contributed by atoms with Gasteiger partial charge in [0.2, 0.25) is 5.91 Å². The molecular weight excluding hydrogens is 306 g/mol. The average Bonchev–Trinajstić information content (AvgIpc) is 2.78. The molecule has 4 nitrogen and oxygen atoms in total. The van der Waals surface area contributed by atoms with Gasteiger partial charge in [0.25, 0.3) is 0 Å². The summed E-state index contributed by atoms with van der Waals surface area (Å²) in [4.78, 5) is 20.8. The normalized spacial score (nSPS) is 23.3. The van der Waals surface area contributed by atoms with Gasteiger partial charge in [0.15, 0.2) is 5.17 Å². The van der Waals surface area contributed by atoms with E-state index in [0.29, 0.717) is 15.9 Å². The molecule has 1 saturated heterocycles. The van der Waals surface area contributed by atoms with Crippen molar-refractivity contribution in [1.29, 1.82) is 0 Å². The lowest BCUT2D eigenvalue weighted by molar-refractivity contribution is -0.121. The standard InChI is InChI=1S/C15H12ClN3OS/c1-15(10-5-4-8-17-9-10)13(20)19-14(21-15)18-12-7-3-2-6-11(12)16/h2-9H,1H3,(H,18,19,20). The molecule has 0 saturated carbocycles. The van der Waals surface area contributed by atoms with Crippen LogP contribution in [0.3, 0.4) is 0 Å². The molecule has 1 aromatic carbocycles. The number of nitrogens with one attached hydrogen (secondary N) is 1. The Labute approximate surface area is 131 Å². The first-order valence-corrected chi connectivity index (χ1v) is 7.53. The number of benzene rings is 1. The number of rotatable bonds is 2. The number of thioether (sulfide) groups is 1. The predicted molar refractivity (Wildman–Crippen MR) is 85.9 cm³/mol. The number of aliphatic imine (C=N–C) groups is 1. The van der Waals surface area contributed by atoms with Crippen LogP contribution in [0.2, 0.25) is 5.02 Å². The Morgan fingerprint density at radius 1 is 1.29 bits per heavy atom. The Bertz CT molecular complexity index is 720. The molecule has 0 spiro atoms. The predicted octanol–water partition coefficient (Wildman–Crippen LogP) is 3.50. The molecule has 0 bridgehead atoms. The molecule has 3 rings (SSSR count). The van der Waals surface area contributed by atoms with E-state index in [4.69, 9.17) is 11.6 Å². The molecule has 1 aliphatic heterocycles. The van der Waals surface area contributed by atoms with Gasteiger partial charge in [-0.3, -0.25) is 9.78 Å². The second-order valence-electron chi connectivity index (χ2n) is 4.70. The van der Waals surface area contributed by atoms with E-state index in [2.05, 4.69) is 15.3 Å². The Morgan fingerprint density at radius 3 is 2.81 bits per heavy atom. The van der Waals surface area contributed by atoms with Gasteiger partial charge in [-0.05, 0) is 30.7 Å². The number of carbonyl (C=O) groups is 1. The summed E-state index contributed by atoms with van der Waals surface area (Å²) >= 11 is 7.46. The molecule has 1 atom stereocenters. The van der Waals surface area contributed by atoms with E-state index < -0.39 is 4.75 Å². The molecule has 0 radical (unpaired) electrons. The minimum absolute atomic E-state index is 0.105. The second kappa shape index (κ2) is 5.50. The number of para-hydroxylation sites is 1. The van der Waals surface area contributed by atoms with E-state index >= 15 is 0 Å². The average molecular weight is 318 g/mol. The summed E-state index contributed by atoms with van der Waals surface area (Å²) in [5, 5.41) is 3.90. The first-order chi connectivity index (χ1) is 10.1. The van der Waals surface area contributed by atoms with Crippen molar-refractivity contribution in [3.8, 4) is 0 Å². The highest BCUT2D eigenvalue weighted by Crippen LogP contribution is 2.41. The van der Waals surface area contributed by atoms with Crippen LogP contribution in [-0.4, -0.2) is 16.1 Å². The summed E-state index contributed by atoms with van der Waals surface area (Å²) in [6, 6.07) is 11.0. The molecular formula is C15H12ClN3OS. The van der Waals surface area contributed by atoms with Crippen molar-refractivity contribution < 1.29 is 4.79 Å². The van der Waals surface area contributed by atoms with Gasteiger partial charge in [-0.1, -0.05) is 41.6 Å². The molecule has 2 heterocycles. The molecule has 1 N–H and O–H groups in total. The zero-order chi connectivity index (χ0) is 14.9. The van der Waals surface area contributed by atoms with Crippen LogP contribution in [0.1, 0.15) is 12.5 Å². The van der Waals surface area contributed by atoms with Crippen LogP contribution in [0, 0.1) is 0 Å². The SMILES string of the molecule is CC1(c2cccnc2)SC(=Nc2ccccc2Cl)NC1=O. The third kappa shape index (κ3) is 2.66. The Balaban J connectivity index is 1.94. The number of hydrogen-bond donors (Lipinski definition) is 1. The summed E-state index contributed by atoms with van der Waals surface area (Å²) in [6.45, 7) is 1.86. The minimum Gasteiger partial charge on any atom is -0.304 e. The first-order valence-electron chi connectivity index (χ1n) is 6.34. The summed E-state index contributed by atoms with van der Waals surface area (Å²) in [7, 11) is 0. The van der Waals surface area contributed by atoms with E-state index in [0.717, 1.165) is 5.56 Å². The van der Waals surface area contributed by atoms with Crippen LogP contribution in [0.25, 0.3) is 0 Å². The number of carbonyl (C=O) groups excluding carboxylic acids is 1.